The van der Waals surface area contributed by atoms with Crippen molar-refractivity contribution in [2.24, 2.45) is 4.99 Å². The number of H-pyrrole nitrogens is 1. The molecule has 31 heavy (non-hydrogen) atoms. The van der Waals surface area contributed by atoms with Gasteiger partial charge < -0.3 is 20.5 Å². The smallest absolute Gasteiger partial charge is 0.251 e. The number of aromatic amines is 1. The maximum absolute atomic E-state index is 12.0. The molecule has 8 heteroatoms. The van der Waals surface area contributed by atoms with Gasteiger partial charge in [0.25, 0.3) is 5.91 Å². The number of hydrogen-bond donors (Lipinski definition) is 3. The Morgan fingerprint density at radius 1 is 1.13 bits per heavy atom. The number of carbonyl (C=O) groups excluding carboxylic acids is 1. The average Bonchev–Trinajstić information content (AvgIpc) is 3.23. The molecule has 3 N–H and O–H groups in total. The van der Waals surface area contributed by atoms with Crippen molar-refractivity contribution >= 4 is 35.8 Å². The van der Waals surface area contributed by atoms with Crippen molar-refractivity contribution in [3.8, 4) is 11.3 Å². The topological polar surface area (TPSA) is 85.4 Å². The van der Waals surface area contributed by atoms with E-state index in [1.165, 1.54) is 0 Å². The molecule has 2 aromatic carbocycles. The van der Waals surface area contributed by atoms with E-state index in [4.69, 9.17) is 0 Å². The molecule has 164 valence electrons. The summed E-state index contributed by atoms with van der Waals surface area (Å²) in [6.07, 6.45) is 1.85. The summed E-state index contributed by atoms with van der Waals surface area (Å²) in [7, 11) is 3.71. The van der Waals surface area contributed by atoms with Crippen LogP contribution in [0.5, 0.6) is 0 Å². The highest BCUT2D eigenvalue weighted by molar-refractivity contribution is 14.0. The molecule has 1 heterocycles. The van der Waals surface area contributed by atoms with Crippen LogP contribution in [0, 0.1) is 0 Å². The number of aliphatic imine (C=N–C) groups is 1. The van der Waals surface area contributed by atoms with Crippen LogP contribution in [0.1, 0.15) is 28.7 Å². The van der Waals surface area contributed by atoms with E-state index in [0.717, 1.165) is 28.6 Å². The molecule has 1 aromatic heterocycles. The number of aromatic nitrogens is 2. The first-order valence-electron chi connectivity index (χ1n) is 9.99. The fourth-order valence-corrected chi connectivity index (χ4v) is 3.16. The number of amides is 1. The van der Waals surface area contributed by atoms with Gasteiger partial charge in [-0.3, -0.25) is 9.79 Å². The van der Waals surface area contributed by atoms with Gasteiger partial charge in [-0.25, -0.2) is 4.98 Å². The standard InChI is InChI=1S/C23H28N6O.HI/c1-4-25-22(30)19-12-8-9-17(13-19)14-27-23(24-2)29(3)16-21-26-15-20(28-21)18-10-6-5-7-11-18;/h5-13,15H,4,14,16H2,1-3H3,(H,24,27)(H,25,30)(H,26,28);1H. The van der Waals surface area contributed by atoms with Crippen molar-refractivity contribution in [2.45, 2.75) is 20.0 Å². The molecule has 0 atom stereocenters. The Labute approximate surface area is 200 Å². The zero-order chi connectivity index (χ0) is 21.3. The van der Waals surface area contributed by atoms with Gasteiger partial charge in [0.1, 0.15) is 5.82 Å². The number of benzene rings is 2. The SMILES string of the molecule is CCNC(=O)c1cccc(CNC(=NC)N(C)Cc2ncc(-c3ccccc3)[nH]2)c1.I. The van der Waals surface area contributed by atoms with Crippen LogP contribution < -0.4 is 10.6 Å². The molecule has 1 amide bonds. The van der Waals surface area contributed by atoms with Gasteiger partial charge in [0, 0.05) is 32.7 Å². The average molecular weight is 532 g/mol. The lowest BCUT2D eigenvalue weighted by atomic mass is 10.1. The van der Waals surface area contributed by atoms with Gasteiger partial charge in [0.15, 0.2) is 5.96 Å². The van der Waals surface area contributed by atoms with Gasteiger partial charge in [-0.1, -0.05) is 42.5 Å². The quantitative estimate of drug-likeness (QED) is 0.247. The van der Waals surface area contributed by atoms with E-state index in [9.17, 15) is 4.79 Å². The second-order valence-electron chi connectivity index (χ2n) is 6.93. The van der Waals surface area contributed by atoms with Crippen LogP contribution in [0.3, 0.4) is 0 Å². The number of imidazole rings is 1. The highest BCUT2D eigenvalue weighted by Crippen LogP contribution is 2.16. The first-order valence-corrected chi connectivity index (χ1v) is 9.99. The number of halogens is 1. The van der Waals surface area contributed by atoms with Crippen LogP contribution in [0.4, 0.5) is 0 Å². The molecule has 7 nitrogen and oxygen atoms in total. The molecular formula is C23H29IN6O. The lowest BCUT2D eigenvalue weighted by molar-refractivity contribution is 0.0955. The van der Waals surface area contributed by atoms with E-state index in [1.807, 2.05) is 67.5 Å². The molecule has 0 bridgehead atoms. The molecule has 0 aliphatic rings. The number of guanidine groups is 1. The van der Waals surface area contributed by atoms with E-state index >= 15 is 0 Å². The molecule has 0 spiro atoms. The van der Waals surface area contributed by atoms with E-state index in [0.29, 0.717) is 25.2 Å². The van der Waals surface area contributed by atoms with Crippen molar-refractivity contribution in [1.82, 2.24) is 25.5 Å². The minimum atomic E-state index is -0.0621. The predicted octanol–water partition coefficient (Wildman–Crippen LogP) is 3.65. The third-order valence-corrected chi connectivity index (χ3v) is 4.65. The van der Waals surface area contributed by atoms with Gasteiger partial charge in [0.2, 0.25) is 0 Å². The summed E-state index contributed by atoms with van der Waals surface area (Å²) in [6, 6.07) is 17.7. The van der Waals surface area contributed by atoms with Crippen molar-refractivity contribution in [3.05, 3.63) is 77.7 Å². The normalized spacial score (nSPS) is 10.9. The summed E-state index contributed by atoms with van der Waals surface area (Å²) in [4.78, 5) is 26.3. The second kappa shape index (κ2) is 12.1. The van der Waals surface area contributed by atoms with Crippen LogP contribution in [0.25, 0.3) is 11.3 Å². The predicted molar refractivity (Wildman–Crippen MR) is 136 cm³/mol. The van der Waals surface area contributed by atoms with Crippen molar-refractivity contribution in [1.29, 1.82) is 0 Å². The molecule has 3 rings (SSSR count). The number of nitrogens with one attached hydrogen (secondary N) is 3. The van der Waals surface area contributed by atoms with Crippen LogP contribution in [-0.4, -0.2) is 47.4 Å². The zero-order valence-electron chi connectivity index (χ0n) is 18.1. The molecule has 0 saturated carbocycles. The third-order valence-electron chi connectivity index (χ3n) is 4.65. The Hall–Kier alpha value is -2.88. The zero-order valence-corrected chi connectivity index (χ0v) is 20.4. The molecule has 0 radical (unpaired) electrons. The van der Waals surface area contributed by atoms with E-state index < -0.39 is 0 Å². The van der Waals surface area contributed by atoms with Crippen LogP contribution in [0.15, 0.2) is 65.8 Å². The minimum Gasteiger partial charge on any atom is -0.352 e. The Kier molecular flexibility index (Phi) is 9.51. The van der Waals surface area contributed by atoms with Crippen molar-refractivity contribution < 1.29 is 4.79 Å². The highest BCUT2D eigenvalue weighted by Gasteiger charge is 2.11. The molecule has 0 unspecified atom stereocenters. The van der Waals surface area contributed by atoms with Crippen LogP contribution in [-0.2, 0) is 13.1 Å². The van der Waals surface area contributed by atoms with Crippen molar-refractivity contribution in [2.75, 3.05) is 20.6 Å². The summed E-state index contributed by atoms with van der Waals surface area (Å²) in [6.45, 7) is 3.67. The summed E-state index contributed by atoms with van der Waals surface area (Å²) in [5.41, 5.74) is 3.76. The Balaban J connectivity index is 0.00000341. The Morgan fingerprint density at radius 2 is 1.90 bits per heavy atom. The van der Waals surface area contributed by atoms with E-state index in [1.54, 1.807) is 7.05 Å². The number of carbonyl (C=O) groups is 1. The fourth-order valence-electron chi connectivity index (χ4n) is 3.16. The monoisotopic (exact) mass is 532 g/mol. The lowest BCUT2D eigenvalue weighted by Crippen LogP contribution is -2.38. The first-order chi connectivity index (χ1) is 14.6. The number of nitrogens with zero attached hydrogens (tertiary/aromatic N) is 3. The van der Waals surface area contributed by atoms with Gasteiger partial charge in [-0.15, -0.1) is 24.0 Å². The fraction of sp³-hybridized carbons (Fsp3) is 0.261. The Morgan fingerprint density at radius 3 is 2.61 bits per heavy atom. The van der Waals surface area contributed by atoms with Crippen LogP contribution in [0.2, 0.25) is 0 Å². The summed E-state index contributed by atoms with van der Waals surface area (Å²) >= 11 is 0. The van der Waals surface area contributed by atoms with E-state index in [2.05, 4.69) is 37.7 Å². The number of hydrogen-bond acceptors (Lipinski definition) is 3. The molecule has 0 saturated heterocycles. The molecular weight excluding hydrogens is 503 g/mol. The molecule has 0 aliphatic carbocycles. The maximum atomic E-state index is 12.0. The second-order valence-corrected chi connectivity index (χ2v) is 6.93. The van der Waals surface area contributed by atoms with Gasteiger partial charge >= 0.3 is 0 Å². The number of rotatable bonds is 7. The van der Waals surface area contributed by atoms with Gasteiger partial charge in [-0.2, -0.15) is 0 Å². The largest absolute Gasteiger partial charge is 0.352 e. The molecule has 0 aliphatic heterocycles. The van der Waals surface area contributed by atoms with Gasteiger partial charge in [0.05, 0.1) is 18.4 Å². The summed E-state index contributed by atoms with van der Waals surface area (Å²) < 4.78 is 0. The summed E-state index contributed by atoms with van der Waals surface area (Å²) in [5.74, 6) is 1.54. The van der Waals surface area contributed by atoms with E-state index in [-0.39, 0.29) is 29.9 Å². The minimum absolute atomic E-state index is 0. The maximum Gasteiger partial charge on any atom is 0.251 e. The third kappa shape index (κ3) is 6.81. The molecule has 0 fully saturated rings. The Bertz CT molecular complexity index is 1000. The highest BCUT2D eigenvalue weighted by atomic mass is 127. The molecule has 3 aromatic rings. The van der Waals surface area contributed by atoms with Gasteiger partial charge in [-0.05, 0) is 30.2 Å². The first kappa shape index (κ1) is 24.4. The van der Waals surface area contributed by atoms with Crippen molar-refractivity contribution in [3.63, 3.8) is 0 Å². The summed E-state index contributed by atoms with van der Waals surface area (Å²) in [5, 5.41) is 6.17. The van der Waals surface area contributed by atoms with Crippen LogP contribution >= 0.6 is 24.0 Å². The lowest BCUT2D eigenvalue weighted by Gasteiger charge is -2.21.